The third kappa shape index (κ3) is 4.62. The van der Waals surface area contributed by atoms with Gasteiger partial charge in [-0.15, -0.1) is 0 Å². The first-order valence-corrected chi connectivity index (χ1v) is 9.89. The molecule has 1 aromatic heterocycles. The normalized spacial score (nSPS) is 11.0. The zero-order valence-corrected chi connectivity index (χ0v) is 17.0. The molecule has 0 spiro atoms. The maximum absolute atomic E-state index is 11.4. The van der Waals surface area contributed by atoms with Crippen molar-refractivity contribution < 1.29 is 14.7 Å². The maximum Gasteiger partial charge on any atom is 0.404 e. The number of pyridine rings is 1. The van der Waals surface area contributed by atoms with Crippen LogP contribution in [0.15, 0.2) is 42.5 Å². The zero-order valence-electron chi connectivity index (χ0n) is 17.0. The number of fused-ring (bicyclic) bond motifs is 1. The summed E-state index contributed by atoms with van der Waals surface area (Å²) in [6.45, 7) is 6.50. The fourth-order valence-electron chi connectivity index (χ4n) is 3.59. The molecule has 0 saturated carbocycles. The molecular weight excluding hydrogens is 364 g/mol. The predicted molar refractivity (Wildman–Crippen MR) is 115 cm³/mol. The van der Waals surface area contributed by atoms with Gasteiger partial charge < -0.3 is 10.4 Å². The van der Waals surface area contributed by atoms with Crippen molar-refractivity contribution in [3.8, 4) is 11.1 Å². The van der Waals surface area contributed by atoms with E-state index in [1.807, 2.05) is 12.1 Å². The maximum atomic E-state index is 11.4. The van der Waals surface area contributed by atoms with Crippen molar-refractivity contribution in [3.63, 3.8) is 0 Å². The lowest BCUT2D eigenvalue weighted by molar-refractivity contribution is 0.112. The van der Waals surface area contributed by atoms with Gasteiger partial charge in [-0.05, 0) is 53.6 Å². The molecule has 0 bridgehead atoms. The van der Waals surface area contributed by atoms with Crippen molar-refractivity contribution >= 4 is 23.3 Å². The van der Waals surface area contributed by atoms with Gasteiger partial charge >= 0.3 is 6.09 Å². The van der Waals surface area contributed by atoms with Crippen LogP contribution in [0.1, 0.15) is 48.0 Å². The fraction of sp³-hybridized carbons (Fsp3) is 0.292. The molecule has 3 aromatic rings. The highest BCUT2D eigenvalue weighted by atomic mass is 16.4. The first-order valence-electron chi connectivity index (χ1n) is 9.89. The zero-order chi connectivity index (χ0) is 21.0. The average molecular weight is 390 g/mol. The van der Waals surface area contributed by atoms with Gasteiger partial charge in [0.2, 0.25) is 0 Å². The van der Waals surface area contributed by atoms with Crippen LogP contribution in [-0.2, 0) is 19.4 Å². The van der Waals surface area contributed by atoms with Crippen LogP contribution in [0.25, 0.3) is 22.0 Å². The molecule has 0 fully saturated rings. The van der Waals surface area contributed by atoms with E-state index in [1.165, 1.54) is 5.56 Å². The Morgan fingerprint density at radius 1 is 1.17 bits per heavy atom. The molecule has 29 heavy (non-hydrogen) atoms. The fourth-order valence-corrected chi connectivity index (χ4v) is 3.59. The molecule has 2 N–H and O–H groups in total. The average Bonchev–Trinajstić information content (AvgIpc) is 2.71. The number of amides is 1. The van der Waals surface area contributed by atoms with Gasteiger partial charge in [-0.1, -0.05) is 45.0 Å². The molecule has 0 radical (unpaired) electrons. The van der Waals surface area contributed by atoms with E-state index in [2.05, 4.69) is 50.4 Å². The minimum atomic E-state index is -1.07. The van der Waals surface area contributed by atoms with Crippen molar-refractivity contribution in [3.05, 3.63) is 64.8 Å². The van der Waals surface area contributed by atoms with E-state index >= 15 is 0 Å². The Morgan fingerprint density at radius 2 is 1.90 bits per heavy atom. The van der Waals surface area contributed by atoms with Crippen molar-refractivity contribution in [2.45, 2.75) is 40.2 Å². The monoisotopic (exact) mass is 390 g/mol. The van der Waals surface area contributed by atoms with Gasteiger partial charge in [-0.2, -0.15) is 0 Å². The van der Waals surface area contributed by atoms with E-state index in [0.717, 1.165) is 52.4 Å². The second-order valence-electron chi connectivity index (χ2n) is 7.61. The summed E-state index contributed by atoms with van der Waals surface area (Å²) in [7, 11) is 0. The molecule has 0 unspecified atom stereocenters. The van der Waals surface area contributed by atoms with Gasteiger partial charge in [0, 0.05) is 28.8 Å². The highest BCUT2D eigenvalue weighted by Gasteiger charge is 2.18. The molecule has 0 aliphatic heterocycles. The number of aldehydes is 1. The van der Waals surface area contributed by atoms with Gasteiger partial charge in [0.05, 0.1) is 5.52 Å². The SMILES string of the molecule is CCc1ccc(-c2c(CNC(=O)O)c(CC(C)C)nc3ccc(C=O)cc23)cc1. The molecule has 2 aromatic carbocycles. The highest BCUT2D eigenvalue weighted by Crippen LogP contribution is 2.35. The highest BCUT2D eigenvalue weighted by molar-refractivity contribution is 5.99. The quantitative estimate of drug-likeness (QED) is 0.541. The van der Waals surface area contributed by atoms with Gasteiger partial charge in [0.1, 0.15) is 6.29 Å². The lowest BCUT2D eigenvalue weighted by Gasteiger charge is -2.19. The van der Waals surface area contributed by atoms with E-state index in [1.54, 1.807) is 6.07 Å². The molecule has 150 valence electrons. The Hall–Kier alpha value is -3.21. The minimum absolute atomic E-state index is 0.163. The Labute approximate surface area is 170 Å². The number of rotatable bonds is 7. The molecule has 0 aliphatic rings. The summed E-state index contributed by atoms with van der Waals surface area (Å²) in [4.78, 5) is 27.4. The number of nitrogens with one attached hydrogen (secondary N) is 1. The first-order chi connectivity index (χ1) is 13.9. The molecule has 5 nitrogen and oxygen atoms in total. The summed E-state index contributed by atoms with van der Waals surface area (Å²) in [6.07, 6.45) is 1.43. The largest absolute Gasteiger partial charge is 0.465 e. The predicted octanol–water partition coefficient (Wildman–Crippen LogP) is 5.24. The molecule has 0 saturated heterocycles. The number of nitrogens with zero attached hydrogens (tertiary/aromatic N) is 1. The molecule has 3 rings (SSSR count). The number of carbonyl (C=O) groups excluding carboxylic acids is 1. The summed E-state index contributed by atoms with van der Waals surface area (Å²) in [6, 6.07) is 13.8. The number of aryl methyl sites for hydroxylation is 1. The van der Waals surface area contributed by atoms with Crippen LogP contribution < -0.4 is 5.32 Å². The van der Waals surface area contributed by atoms with Crippen LogP contribution in [0.3, 0.4) is 0 Å². The van der Waals surface area contributed by atoms with Crippen molar-refractivity contribution in [1.82, 2.24) is 10.3 Å². The Balaban J connectivity index is 2.33. The number of carboxylic acid groups (broad SMARTS) is 1. The Bertz CT molecular complexity index is 1040. The van der Waals surface area contributed by atoms with Crippen molar-refractivity contribution in [2.24, 2.45) is 5.92 Å². The second kappa shape index (κ2) is 8.86. The van der Waals surface area contributed by atoms with E-state index < -0.39 is 6.09 Å². The second-order valence-corrected chi connectivity index (χ2v) is 7.61. The lowest BCUT2D eigenvalue weighted by atomic mass is 9.90. The van der Waals surface area contributed by atoms with Crippen LogP contribution in [0.4, 0.5) is 4.79 Å². The van der Waals surface area contributed by atoms with Crippen LogP contribution in [0, 0.1) is 5.92 Å². The molecule has 1 heterocycles. The number of carbonyl (C=O) groups is 2. The Kier molecular flexibility index (Phi) is 6.27. The number of aromatic nitrogens is 1. The van der Waals surface area contributed by atoms with Gasteiger partial charge in [0.25, 0.3) is 0 Å². The first kappa shape index (κ1) is 20.5. The smallest absolute Gasteiger partial charge is 0.404 e. The van der Waals surface area contributed by atoms with Gasteiger partial charge in [0.15, 0.2) is 0 Å². The van der Waals surface area contributed by atoms with E-state index in [9.17, 15) is 14.7 Å². The van der Waals surface area contributed by atoms with Crippen molar-refractivity contribution in [2.75, 3.05) is 0 Å². The van der Waals surface area contributed by atoms with E-state index in [4.69, 9.17) is 4.98 Å². The third-order valence-electron chi connectivity index (χ3n) is 5.00. The van der Waals surface area contributed by atoms with Crippen LogP contribution in [-0.4, -0.2) is 22.5 Å². The van der Waals surface area contributed by atoms with E-state index in [0.29, 0.717) is 11.5 Å². The van der Waals surface area contributed by atoms with Gasteiger partial charge in [-0.25, -0.2) is 4.79 Å². The summed E-state index contributed by atoms with van der Waals surface area (Å²) in [5.74, 6) is 0.369. The molecule has 5 heteroatoms. The third-order valence-corrected chi connectivity index (χ3v) is 5.00. The summed E-state index contributed by atoms with van der Waals surface area (Å²) >= 11 is 0. The van der Waals surface area contributed by atoms with Crippen LogP contribution in [0.2, 0.25) is 0 Å². The number of hydrogen-bond acceptors (Lipinski definition) is 3. The molecule has 0 atom stereocenters. The van der Waals surface area contributed by atoms with Crippen molar-refractivity contribution in [1.29, 1.82) is 0 Å². The standard InChI is InChI=1S/C24H26N2O3/c1-4-16-5-8-18(9-6-16)23-19-12-17(14-27)7-10-21(19)26-22(11-15(2)3)20(23)13-25-24(28)29/h5-10,12,14-15,25H,4,11,13H2,1-3H3,(H,28,29). The summed E-state index contributed by atoms with van der Waals surface area (Å²) in [5, 5.41) is 12.6. The number of benzene rings is 2. The molecule has 0 aliphatic carbocycles. The lowest BCUT2D eigenvalue weighted by Crippen LogP contribution is -2.22. The minimum Gasteiger partial charge on any atom is -0.465 e. The summed E-state index contributed by atoms with van der Waals surface area (Å²) in [5.41, 5.74) is 6.28. The van der Waals surface area contributed by atoms with E-state index in [-0.39, 0.29) is 6.54 Å². The molecule has 1 amide bonds. The molecular formula is C24H26N2O3. The number of hydrogen-bond donors (Lipinski definition) is 2. The van der Waals surface area contributed by atoms with Crippen LogP contribution in [0.5, 0.6) is 0 Å². The summed E-state index contributed by atoms with van der Waals surface area (Å²) < 4.78 is 0. The topological polar surface area (TPSA) is 79.3 Å². The van der Waals surface area contributed by atoms with Crippen LogP contribution >= 0.6 is 0 Å². The van der Waals surface area contributed by atoms with Gasteiger partial charge in [-0.3, -0.25) is 9.78 Å². The Morgan fingerprint density at radius 3 is 2.48 bits per heavy atom.